The number of carbonyl (C=O) groups is 1. The average molecular weight is 351 g/mol. The number of para-hydroxylation sites is 1. The summed E-state index contributed by atoms with van der Waals surface area (Å²) in [6.45, 7) is 0.0973. The minimum absolute atomic E-state index is 0.00973. The predicted molar refractivity (Wildman–Crippen MR) is 94.8 cm³/mol. The molecule has 0 spiro atoms. The van der Waals surface area contributed by atoms with Gasteiger partial charge in [-0.15, -0.1) is 0 Å². The van der Waals surface area contributed by atoms with Gasteiger partial charge in [0.05, 0.1) is 16.8 Å². The zero-order chi connectivity index (χ0) is 18.4. The van der Waals surface area contributed by atoms with Crippen molar-refractivity contribution in [1.82, 2.24) is 9.78 Å². The first-order valence-corrected chi connectivity index (χ1v) is 8.10. The molecule has 0 unspecified atom stereocenters. The van der Waals surface area contributed by atoms with E-state index in [0.717, 1.165) is 11.3 Å². The molecule has 0 saturated heterocycles. The van der Waals surface area contributed by atoms with E-state index < -0.39 is 4.92 Å². The number of aryl methyl sites for hydroxylation is 1. The summed E-state index contributed by atoms with van der Waals surface area (Å²) >= 11 is 0. The third-order valence-electron chi connectivity index (χ3n) is 3.82. The number of non-ortho nitro benzene ring substituents is 1. The second-order valence-corrected chi connectivity index (χ2v) is 5.71. The van der Waals surface area contributed by atoms with Crippen LogP contribution in [-0.2, 0) is 22.6 Å². The van der Waals surface area contributed by atoms with Crippen molar-refractivity contribution in [2.75, 3.05) is 0 Å². The van der Waals surface area contributed by atoms with Crippen molar-refractivity contribution in [2.45, 2.75) is 19.4 Å². The van der Waals surface area contributed by atoms with Crippen molar-refractivity contribution >= 4 is 11.7 Å². The number of hydrogen-bond acceptors (Lipinski definition) is 5. The lowest BCUT2D eigenvalue weighted by molar-refractivity contribution is -0.384. The first-order valence-electron chi connectivity index (χ1n) is 8.10. The van der Waals surface area contributed by atoms with Gasteiger partial charge in [0, 0.05) is 24.8 Å². The van der Waals surface area contributed by atoms with Gasteiger partial charge in [-0.1, -0.05) is 18.2 Å². The molecule has 26 heavy (non-hydrogen) atoms. The topological polar surface area (TPSA) is 87.3 Å². The summed E-state index contributed by atoms with van der Waals surface area (Å²) < 4.78 is 6.97. The molecule has 7 heteroatoms. The number of rotatable bonds is 7. The second-order valence-electron chi connectivity index (χ2n) is 5.71. The van der Waals surface area contributed by atoms with Gasteiger partial charge in [-0.2, -0.15) is 5.10 Å². The van der Waals surface area contributed by atoms with Crippen LogP contribution in [0.4, 0.5) is 5.69 Å². The molecular formula is C19H17N3O4. The van der Waals surface area contributed by atoms with Crippen molar-refractivity contribution in [3.8, 4) is 5.69 Å². The number of esters is 1. The van der Waals surface area contributed by atoms with Crippen molar-refractivity contribution in [3.05, 3.63) is 88.2 Å². The van der Waals surface area contributed by atoms with Crippen LogP contribution in [0.2, 0.25) is 0 Å². The maximum atomic E-state index is 11.9. The highest BCUT2D eigenvalue weighted by Gasteiger charge is 2.08. The lowest BCUT2D eigenvalue weighted by Gasteiger charge is -2.04. The van der Waals surface area contributed by atoms with Gasteiger partial charge < -0.3 is 4.74 Å². The van der Waals surface area contributed by atoms with Crippen LogP contribution in [0.3, 0.4) is 0 Å². The maximum Gasteiger partial charge on any atom is 0.306 e. The van der Waals surface area contributed by atoms with E-state index in [2.05, 4.69) is 5.10 Å². The fourth-order valence-electron chi connectivity index (χ4n) is 2.41. The molecule has 0 amide bonds. The highest BCUT2D eigenvalue weighted by Crippen LogP contribution is 2.13. The van der Waals surface area contributed by atoms with Crippen LogP contribution < -0.4 is 0 Å². The molecule has 0 aliphatic rings. The molecule has 0 atom stereocenters. The van der Waals surface area contributed by atoms with Crippen molar-refractivity contribution in [2.24, 2.45) is 0 Å². The summed E-state index contributed by atoms with van der Waals surface area (Å²) in [4.78, 5) is 22.0. The van der Waals surface area contributed by atoms with Gasteiger partial charge in [-0.3, -0.25) is 14.9 Å². The molecular weight excluding hydrogens is 334 g/mol. The molecule has 0 bridgehead atoms. The number of benzene rings is 2. The van der Waals surface area contributed by atoms with E-state index in [0.29, 0.717) is 12.0 Å². The molecule has 3 aromatic rings. The fourth-order valence-corrected chi connectivity index (χ4v) is 2.41. The van der Waals surface area contributed by atoms with E-state index in [1.807, 2.05) is 36.5 Å². The highest BCUT2D eigenvalue weighted by atomic mass is 16.6. The average Bonchev–Trinajstić information content (AvgIpc) is 3.15. The Bertz CT molecular complexity index is 889. The molecule has 0 radical (unpaired) electrons. The van der Waals surface area contributed by atoms with Gasteiger partial charge in [0.1, 0.15) is 6.61 Å². The minimum Gasteiger partial charge on any atom is -0.461 e. The number of nitro benzene ring substituents is 1. The summed E-state index contributed by atoms with van der Waals surface area (Å²) in [5, 5.41) is 14.9. The normalized spacial score (nSPS) is 10.5. The molecule has 0 fully saturated rings. The highest BCUT2D eigenvalue weighted by molar-refractivity contribution is 5.69. The van der Waals surface area contributed by atoms with E-state index in [1.54, 1.807) is 23.0 Å². The number of nitrogens with zero attached hydrogens (tertiary/aromatic N) is 3. The SMILES string of the molecule is O=C(CCc1cnn(-c2ccccc2)c1)OCc1ccc([N+](=O)[O-])cc1. The predicted octanol–water partition coefficient (Wildman–Crippen LogP) is 3.46. The zero-order valence-corrected chi connectivity index (χ0v) is 13.9. The minimum atomic E-state index is -0.467. The van der Waals surface area contributed by atoms with Crippen LogP contribution in [0, 0.1) is 10.1 Å². The van der Waals surface area contributed by atoms with E-state index in [9.17, 15) is 14.9 Å². The van der Waals surface area contributed by atoms with Crippen LogP contribution in [0.25, 0.3) is 5.69 Å². The Balaban J connectivity index is 1.47. The lowest BCUT2D eigenvalue weighted by Crippen LogP contribution is -2.05. The van der Waals surface area contributed by atoms with Gasteiger partial charge in [0.2, 0.25) is 0 Å². The third-order valence-corrected chi connectivity index (χ3v) is 3.82. The van der Waals surface area contributed by atoms with Gasteiger partial charge in [0.15, 0.2) is 0 Å². The van der Waals surface area contributed by atoms with E-state index >= 15 is 0 Å². The molecule has 0 saturated carbocycles. The molecule has 1 heterocycles. The lowest BCUT2D eigenvalue weighted by atomic mass is 10.2. The van der Waals surface area contributed by atoms with Crippen LogP contribution in [0.5, 0.6) is 0 Å². The Morgan fingerprint density at radius 3 is 2.50 bits per heavy atom. The Labute approximate surface area is 150 Å². The second kappa shape index (κ2) is 8.06. The standard InChI is InChI=1S/C19H17N3O4/c23-19(26-14-15-6-9-18(10-7-15)22(24)25)11-8-16-12-20-21(13-16)17-4-2-1-3-5-17/h1-7,9-10,12-13H,8,11,14H2. The quantitative estimate of drug-likeness (QED) is 0.369. The monoisotopic (exact) mass is 351 g/mol. The van der Waals surface area contributed by atoms with E-state index in [1.165, 1.54) is 12.1 Å². The third kappa shape index (κ3) is 4.54. The Morgan fingerprint density at radius 2 is 1.81 bits per heavy atom. The Morgan fingerprint density at radius 1 is 1.08 bits per heavy atom. The van der Waals surface area contributed by atoms with Crippen LogP contribution in [-0.4, -0.2) is 20.7 Å². The van der Waals surface area contributed by atoms with Gasteiger partial charge >= 0.3 is 5.97 Å². The first-order chi connectivity index (χ1) is 12.6. The van der Waals surface area contributed by atoms with Crippen molar-refractivity contribution in [1.29, 1.82) is 0 Å². The molecule has 0 aliphatic heterocycles. The van der Waals surface area contributed by atoms with Gasteiger partial charge in [0.25, 0.3) is 5.69 Å². The maximum absolute atomic E-state index is 11.9. The van der Waals surface area contributed by atoms with Crippen molar-refractivity contribution in [3.63, 3.8) is 0 Å². The van der Waals surface area contributed by atoms with Crippen LogP contribution in [0.15, 0.2) is 67.0 Å². The fraction of sp³-hybridized carbons (Fsp3) is 0.158. The Kier molecular flexibility index (Phi) is 5.38. The summed E-state index contributed by atoms with van der Waals surface area (Å²) in [7, 11) is 0. The number of ether oxygens (including phenoxy) is 1. The Hall–Kier alpha value is -3.48. The number of aromatic nitrogens is 2. The zero-order valence-electron chi connectivity index (χ0n) is 13.9. The molecule has 0 N–H and O–H groups in total. The van der Waals surface area contributed by atoms with Gasteiger partial charge in [-0.25, -0.2) is 4.68 Å². The smallest absolute Gasteiger partial charge is 0.306 e. The van der Waals surface area contributed by atoms with E-state index in [4.69, 9.17) is 4.74 Å². The van der Waals surface area contributed by atoms with Crippen LogP contribution in [0.1, 0.15) is 17.5 Å². The summed E-state index contributed by atoms with van der Waals surface area (Å²) in [5.74, 6) is -0.323. The largest absolute Gasteiger partial charge is 0.461 e. The number of nitro groups is 1. The van der Waals surface area contributed by atoms with Crippen molar-refractivity contribution < 1.29 is 14.5 Å². The molecule has 0 aliphatic carbocycles. The summed E-state index contributed by atoms with van der Waals surface area (Å²) in [6, 6.07) is 15.7. The molecule has 3 rings (SSSR count). The molecule has 132 valence electrons. The molecule has 2 aromatic carbocycles. The van der Waals surface area contributed by atoms with Crippen LogP contribution >= 0.6 is 0 Å². The van der Waals surface area contributed by atoms with E-state index in [-0.39, 0.29) is 24.7 Å². The number of carbonyl (C=O) groups excluding carboxylic acids is 1. The summed E-state index contributed by atoms with van der Waals surface area (Å²) in [5.41, 5.74) is 2.62. The first kappa shape index (κ1) is 17.3. The summed E-state index contributed by atoms with van der Waals surface area (Å²) in [6.07, 6.45) is 4.40. The molecule has 7 nitrogen and oxygen atoms in total. The molecule has 1 aromatic heterocycles. The van der Waals surface area contributed by atoms with Gasteiger partial charge in [-0.05, 0) is 41.8 Å². The number of hydrogen-bond donors (Lipinski definition) is 0.